The summed E-state index contributed by atoms with van der Waals surface area (Å²) in [7, 11) is 5.06. The summed E-state index contributed by atoms with van der Waals surface area (Å²) in [6, 6.07) is -2.69. The van der Waals surface area contributed by atoms with Crippen molar-refractivity contribution in [1.29, 1.82) is 0 Å². The van der Waals surface area contributed by atoms with Crippen LogP contribution in [0.5, 0.6) is 0 Å². The number of nitrogens with two attached hydrogens (primary N) is 1. The summed E-state index contributed by atoms with van der Waals surface area (Å²) < 4.78 is 0. The fraction of sp³-hybridized carbons (Fsp3) is 0.609. The molecule has 1 heterocycles. The topological polar surface area (TPSA) is 197 Å². The van der Waals surface area contributed by atoms with Crippen molar-refractivity contribution in [2.75, 3.05) is 19.6 Å². The molecule has 0 fully saturated rings. The van der Waals surface area contributed by atoms with Crippen molar-refractivity contribution in [3.63, 3.8) is 0 Å². The smallest absolute Gasteiger partial charge is 0.312 e. The van der Waals surface area contributed by atoms with E-state index in [1.807, 2.05) is 0 Å². The summed E-state index contributed by atoms with van der Waals surface area (Å²) >= 11 is 0. The van der Waals surface area contributed by atoms with E-state index in [-0.39, 0.29) is 49.6 Å². The van der Waals surface area contributed by atoms with E-state index in [0.29, 0.717) is 25.7 Å². The molecule has 0 aromatic heterocycles. The average molecular weight is 518 g/mol. The summed E-state index contributed by atoms with van der Waals surface area (Å²) in [5.74, 6) is -2.56. The highest BCUT2D eigenvalue weighted by Gasteiger charge is 2.28. The first-order chi connectivity index (χ1) is 17.4. The lowest BCUT2D eigenvalue weighted by atomic mass is 10.0. The van der Waals surface area contributed by atoms with Gasteiger partial charge in [0.1, 0.15) is 12.1 Å². The number of primary amides is 1. The van der Waals surface area contributed by atoms with Crippen LogP contribution in [-0.2, 0) is 28.8 Å². The van der Waals surface area contributed by atoms with Gasteiger partial charge in [-0.2, -0.15) is 0 Å². The van der Waals surface area contributed by atoms with E-state index in [1.54, 1.807) is 13.8 Å². The SMILES string of the molecule is [B]C(=O)CNC(=O)[C@H](CCCNC(N)=O)NC(=O)C(NC(=O)CCCCCN1C(=O)C=CC1=O)C(C)C. The molecule has 6 N–H and O–H groups in total. The highest BCUT2D eigenvalue weighted by molar-refractivity contribution is 6.58. The van der Waals surface area contributed by atoms with Gasteiger partial charge in [-0.3, -0.25) is 28.9 Å². The molecule has 0 saturated carbocycles. The molecular weight excluding hydrogens is 483 g/mol. The minimum atomic E-state index is -1.04. The summed E-state index contributed by atoms with van der Waals surface area (Å²) in [6.45, 7) is 3.51. The number of nitrogens with one attached hydrogen (secondary N) is 4. The summed E-state index contributed by atoms with van der Waals surface area (Å²) in [5.41, 5.74) is 4.27. The molecule has 2 radical (unpaired) electrons. The molecule has 0 spiro atoms. The van der Waals surface area contributed by atoms with Crippen molar-refractivity contribution in [3.8, 4) is 0 Å². The van der Waals surface area contributed by atoms with Crippen LogP contribution in [0.15, 0.2) is 12.2 Å². The number of hydrogen-bond acceptors (Lipinski definition) is 7. The largest absolute Gasteiger partial charge is 0.352 e. The van der Waals surface area contributed by atoms with Crippen LogP contribution in [0.4, 0.5) is 4.79 Å². The maximum atomic E-state index is 12.9. The zero-order chi connectivity index (χ0) is 28.0. The van der Waals surface area contributed by atoms with Gasteiger partial charge in [0.2, 0.25) is 17.7 Å². The third kappa shape index (κ3) is 12.2. The van der Waals surface area contributed by atoms with Crippen LogP contribution in [0, 0.1) is 5.92 Å². The zero-order valence-corrected chi connectivity index (χ0v) is 21.2. The van der Waals surface area contributed by atoms with Crippen LogP contribution in [0.1, 0.15) is 52.4 Å². The third-order valence-corrected chi connectivity index (χ3v) is 5.49. The molecule has 0 saturated heterocycles. The highest BCUT2D eigenvalue weighted by Crippen LogP contribution is 2.09. The standard InChI is InChI=1S/C23H35BN6O7/c1-14(2)20(29-17(32)8-4-3-5-12-30-18(33)9-10-19(30)34)22(36)28-15(7-6-11-26-23(25)37)21(35)27-13-16(24)31/h9-10,14-15,20H,3-8,11-13H2,1-2H3,(H,27,35)(H,28,36)(H,29,32)(H3,25,26,37)/t15-,20?/m0/s1. The summed E-state index contributed by atoms with van der Waals surface area (Å²) in [6.07, 6.45) is 4.66. The monoisotopic (exact) mass is 518 g/mol. The normalized spacial score (nSPS) is 14.3. The highest BCUT2D eigenvalue weighted by atomic mass is 16.2. The third-order valence-electron chi connectivity index (χ3n) is 5.49. The number of carbonyl (C=O) groups is 7. The Labute approximate surface area is 217 Å². The van der Waals surface area contributed by atoms with Gasteiger partial charge in [0.25, 0.3) is 11.8 Å². The average Bonchev–Trinajstić information content (AvgIpc) is 3.14. The maximum Gasteiger partial charge on any atom is 0.312 e. The predicted octanol–water partition coefficient (Wildman–Crippen LogP) is -1.64. The van der Waals surface area contributed by atoms with Crippen LogP contribution in [0.2, 0.25) is 0 Å². The van der Waals surface area contributed by atoms with Crippen LogP contribution < -0.4 is 27.0 Å². The molecule has 37 heavy (non-hydrogen) atoms. The van der Waals surface area contributed by atoms with Gasteiger partial charge in [0, 0.05) is 31.7 Å². The molecule has 202 valence electrons. The molecule has 0 bridgehead atoms. The molecule has 0 aromatic carbocycles. The van der Waals surface area contributed by atoms with Crippen LogP contribution in [-0.4, -0.2) is 85.7 Å². The van der Waals surface area contributed by atoms with E-state index < -0.39 is 42.2 Å². The Kier molecular flexibility index (Phi) is 13.6. The molecule has 1 aliphatic heterocycles. The Balaban J connectivity index is 2.58. The second kappa shape index (κ2) is 16.1. The van der Waals surface area contributed by atoms with Crippen molar-refractivity contribution in [2.24, 2.45) is 11.7 Å². The molecule has 1 aliphatic rings. The molecule has 1 unspecified atom stereocenters. The predicted molar refractivity (Wildman–Crippen MR) is 134 cm³/mol. The van der Waals surface area contributed by atoms with Gasteiger partial charge >= 0.3 is 6.03 Å². The Morgan fingerprint density at radius 3 is 2.14 bits per heavy atom. The lowest BCUT2D eigenvalue weighted by Gasteiger charge is -2.25. The Morgan fingerprint density at radius 1 is 0.919 bits per heavy atom. The molecule has 7 amide bonds. The van der Waals surface area contributed by atoms with Crippen molar-refractivity contribution in [3.05, 3.63) is 12.2 Å². The Morgan fingerprint density at radius 2 is 1.57 bits per heavy atom. The fourth-order valence-corrected chi connectivity index (χ4v) is 3.51. The molecule has 1 rings (SSSR count). The lowest BCUT2D eigenvalue weighted by Crippen LogP contribution is -2.55. The molecule has 14 heteroatoms. The summed E-state index contributed by atoms with van der Waals surface area (Å²) in [4.78, 5) is 83.9. The van der Waals surface area contributed by atoms with Gasteiger partial charge in [-0.15, -0.1) is 0 Å². The van der Waals surface area contributed by atoms with E-state index in [4.69, 9.17) is 13.6 Å². The number of imide groups is 1. The van der Waals surface area contributed by atoms with E-state index in [2.05, 4.69) is 21.3 Å². The molecule has 0 aliphatic carbocycles. The minimum Gasteiger partial charge on any atom is -0.352 e. The number of rotatable bonds is 17. The fourth-order valence-electron chi connectivity index (χ4n) is 3.51. The van der Waals surface area contributed by atoms with Gasteiger partial charge < -0.3 is 31.8 Å². The van der Waals surface area contributed by atoms with Crippen molar-refractivity contribution in [2.45, 2.75) is 64.5 Å². The number of amides is 7. The van der Waals surface area contributed by atoms with Gasteiger partial charge in [0.15, 0.2) is 7.85 Å². The number of hydrogen-bond donors (Lipinski definition) is 5. The van der Waals surface area contributed by atoms with Crippen LogP contribution >= 0.6 is 0 Å². The van der Waals surface area contributed by atoms with Gasteiger partial charge in [-0.1, -0.05) is 20.3 Å². The van der Waals surface area contributed by atoms with E-state index in [0.717, 1.165) is 4.90 Å². The van der Waals surface area contributed by atoms with E-state index in [9.17, 15) is 33.6 Å². The second-order valence-corrected chi connectivity index (χ2v) is 8.94. The Bertz CT molecular complexity index is 890. The van der Waals surface area contributed by atoms with E-state index >= 15 is 0 Å². The van der Waals surface area contributed by atoms with Crippen LogP contribution in [0.3, 0.4) is 0 Å². The number of nitrogens with zero attached hydrogens (tertiary/aromatic N) is 1. The lowest BCUT2D eigenvalue weighted by molar-refractivity contribution is -0.137. The van der Waals surface area contributed by atoms with Crippen LogP contribution in [0.25, 0.3) is 0 Å². The summed E-state index contributed by atoms with van der Waals surface area (Å²) in [5, 5.41) is 9.99. The zero-order valence-electron chi connectivity index (χ0n) is 21.2. The van der Waals surface area contributed by atoms with E-state index in [1.165, 1.54) is 12.2 Å². The van der Waals surface area contributed by atoms with Crippen molar-refractivity contribution >= 4 is 49.1 Å². The number of urea groups is 1. The number of carbonyl (C=O) groups excluding carboxylic acids is 7. The maximum absolute atomic E-state index is 12.9. The van der Waals surface area contributed by atoms with Gasteiger partial charge in [-0.25, -0.2) is 4.79 Å². The van der Waals surface area contributed by atoms with Crippen molar-refractivity contribution in [1.82, 2.24) is 26.2 Å². The first-order valence-electron chi connectivity index (χ1n) is 12.1. The first kappa shape index (κ1) is 31.3. The second-order valence-electron chi connectivity index (χ2n) is 8.94. The molecule has 13 nitrogen and oxygen atoms in total. The molecular formula is C23H35BN6O7. The Hall–Kier alpha value is -3.71. The quantitative estimate of drug-likeness (QED) is 0.0864. The molecule has 0 aromatic rings. The first-order valence-corrected chi connectivity index (χ1v) is 12.1. The van der Waals surface area contributed by atoms with Gasteiger partial charge in [-0.05, 0) is 31.6 Å². The van der Waals surface area contributed by atoms with Crippen molar-refractivity contribution < 1.29 is 33.6 Å². The number of unbranched alkanes of at least 4 members (excludes halogenated alkanes) is 2. The van der Waals surface area contributed by atoms with Gasteiger partial charge in [0.05, 0.1) is 12.2 Å². The molecule has 2 atom stereocenters. The minimum absolute atomic E-state index is 0.132.